The predicted octanol–water partition coefficient (Wildman–Crippen LogP) is 26.8. The number of hydrogen-bond acceptors (Lipinski definition) is 1. The highest BCUT2D eigenvalue weighted by Gasteiger charge is 2.26. The Morgan fingerprint density at radius 3 is 0.375 bits per heavy atom. The number of carbonyl (C=O) groups is 1. The summed E-state index contributed by atoms with van der Waals surface area (Å²) in [5.41, 5.74) is 0. The van der Waals surface area contributed by atoms with E-state index in [1.54, 1.807) is 0 Å². The molecule has 0 heterocycles. The van der Waals surface area contributed by atoms with Crippen LogP contribution in [0.5, 0.6) is 0 Å². The summed E-state index contributed by atoms with van der Waals surface area (Å²) in [4.78, 5) is 14.8. The highest BCUT2D eigenvalue weighted by Crippen LogP contribution is 2.29. The summed E-state index contributed by atoms with van der Waals surface area (Å²) in [6.07, 6.45) is 89.9. The van der Waals surface area contributed by atoms with Gasteiger partial charge in [0.2, 0.25) is 0 Å². The number of Topliss-reactive ketones (excluding diaryl/α,β-unsaturated/α-hetero) is 1. The molecule has 0 N–H and O–H groups in total. The van der Waals surface area contributed by atoms with Crippen LogP contribution in [0.25, 0.3) is 0 Å². The fraction of sp³-hybridized carbons (Fsp3) is 0.986. The molecule has 0 radical (unpaired) electrons. The Labute approximate surface area is 458 Å². The van der Waals surface area contributed by atoms with Crippen molar-refractivity contribution in [3.63, 3.8) is 0 Å². The first-order valence-corrected chi connectivity index (χ1v) is 35.2. The van der Waals surface area contributed by atoms with Crippen LogP contribution in [0.4, 0.5) is 0 Å². The Hall–Kier alpha value is -0.330. The molecule has 0 aliphatic heterocycles. The zero-order valence-corrected chi connectivity index (χ0v) is 51.3. The van der Waals surface area contributed by atoms with Crippen molar-refractivity contribution in [2.75, 3.05) is 0 Å². The molecule has 0 aromatic heterocycles. The average molecular weight is 1010 g/mol. The Kier molecular flexibility index (Phi) is 64.7. The maximum atomic E-state index is 14.8. The Morgan fingerprint density at radius 1 is 0.167 bits per heavy atom. The van der Waals surface area contributed by atoms with Crippen molar-refractivity contribution in [3.05, 3.63) is 0 Å². The first-order valence-electron chi connectivity index (χ1n) is 35.2. The molecule has 0 amide bonds. The van der Waals surface area contributed by atoms with Gasteiger partial charge < -0.3 is 0 Å². The molecule has 0 aliphatic carbocycles. The van der Waals surface area contributed by atoms with Gasteiger partial charge in [0.25, 0.3) is 0 Å². The van der Waals surface area contributed by atoms with Crippen molar-refractivity contribution in [1.82, 2.24) is 0 Å². The monoisotopic (exact) mass is 1010 g/mol. The SMILES string of the molecule is CCCCCCCCCCCCCCCCCC(CCCCCCCCCCCCCCCCC)C(=O)C(CCCCCCCCCCCCCCCCC)CCCCCCCCCCCCCCCCC. The van der Waals surface area contributed by atoms with Gasteiger partial charge in [-0.1, -0.05) is 413 Å². The minimum absolute atomic E-state index is 0.339. The van der Waals surface area contributed by atoms with Crippen LogP contribution in [0, 0.1) is 11.8 Å². The number of hydrogen-bond donors (Lipinski definition) is 0. The van der Waals surface area contributed by atoms with Crippen LogP contribution < -0.4 is 0 Å². The zero-order valence-electron chi connectivity index (χ0n) is 51.3. The summed E-state index contributed by atoms with van der Waals surface area (Å²) in [5, 5.41) is 0. The lowest BCUT2D eigenvalue weighted by atomic mass is 9.80. The summed E-state index contributed by atoms with van der Waals surface area (Å²) in [7, 11) is 0. The lowest BCUT2D eigenvalue weighted by Gasteiger charge is -2.23. The predicted molar refractivity (Wildman–Crippen MR) is 330 cm³/mol. The van der Waals surface area contributed by atoms with E-state index >= 15 is 0 Å². The van der Waals surface area contributed by atoms with Crippen molar-refractivity contribution >= 4 is 5.78 Å². The first kappa shape index (κ1) is 71.7. The van der Waals surface area contributed by atoms with Crippen LogP contribution in [0.3, 0.4) is 0 Å². The van der Waals surface area contributed by atoms with Gasteiger partial charge in [0.05, 0.1) is 0 Å². The van der Waals surface area contributed by atoms with Crippen molar-refractivity contribution in [3.8, 4) is 0 Å². The normalized spacial score (nSPS) is 11.9. The third-order valence-electron chi connectivity index (χ3n) is 17.4. The van der Waals surface area contributed by atoms with E-state index < -0.39 is 0 Å². The van der Waals surface area contributed by atoms with Crippen LogP contribution in [-0.2, 0) is 4.79 Å². The summed E-state index contributed by atoms with van der Waals surface area (Å²) < 4.78 is 0. The molecule has 0 aromatic carbocycles. The van der Waals surface area contributed by atoms with Gasteiger partial charge in [0, 0.05) is 11.8 Å². The Bertz CT molecular complexity index is 811. The standard InChI is InChI=1S/C71H142O/c1-5-9-13-17-21-25-29-33-37-41-45-49-53-57-61-65-69(66-62-58-54-50-46-42-38-34-30-26-22-18-14-10-6-2)71(72)70(67-63-59-55-51-47-43-39-35-31-27-23-19-15-11-7-3)68-64-60-56-52-48-44-40-36-32-28-24-20-16-12-8-4/h69-70H,5-68H2,1-4H3. The number of rotatable bonds is 66. The maximum absolute atomic E-state index is 14.8. The quantitative estimate of drug-likeness (QED) is 0.0555. The third-order valence-corrected chi connectivity index (χ3v) is 17.4. The van der Waals surface area contributed by atoms with Gasteiger partial charge in [-0.05, 0) is 25.7 Å². The smallest absolute Gasteiger partial charge is 0.139 e. The van der Waals surface area contributed by atoms with Crippen LogP contribution in [0.1, 0.15) is 439 Å². The lowest BCUT2D eigenvalue weighted by molar-refractivity contribution is -0.128. The molecule has 72 heavy (non-hydrogen) atoms. The van der Waals surface area contributed by atoms with Crippen LogP contribution in [-0.4, -0.2) is 5.78 Å². The summed E-state index contributed by atoms with van der Waals surface area (Å²) in [6, 6.07) is 0. The molecule has 0 unspecified atom stereocenters. The van der Waals surface area contributed by atoms with E-state index in [9.17, 15) is 4.79 Å². The van der Waals surface area contributed by atoms with Crippen LogP contribution >= 0.6 is 0 Å². The van der Waals surface area contributed by atoms with Gasteiger partial charge in [0.15, 0.2) is 0 Å². The highest BCUT2D eigenvalue weighted by molar-refractivity contribution is 5.83. The van der Waals surface area contributed by atoms with E-state index in [-0.39, 0.29) is 0 Å². The minimum atomic E-state index is 0.339. The molecular formula is C71H142O. The molecule has 1 heteroatoms. The Balaban J connectivity index is 4.99. The molecule has 0 saturated carbocycles. The fourth-order valence-corrected chi connectivity index (χ4v) is 12.2. The average Bonchev–Trinajstić information content (AvgIpc) is 3.39. The van der Waals surface area contributed by atoms with E-state index in [4.69, 9.17) is 0 Å². The molecule has 0 spiro atoms. The summed E-state index contributed by atoms with van der Waals surface area (Å²) >= 11 is 0. The minimum Gasteiger partial charge on any atom is -0.299 e. The van der Waals surface area contributed by atoms with Gasteiger partial charge in [-0.15, -0.1) is 0 Å². The summed E-state index contributed by atoms with van der Waals surface area (Å²) in [5.74, 6) is 1.40. The molecule has 0 aliphatic rings. The number of ketones is 1. The van der Waals surface area contributed by atoms with E-state index in [0.717, 1.165) is 5.78 Å². The molecule has 0 saturated heterocycles. The second-order valence-corrected chi connectivity index (χ2v) is 24.7. The molecule has 0 bridgehead atoms. The number of carbonyl (C=O) groups excluding carboxylic acids is 1. The second-order valence-electron chi connectivity index (χ2n) is 24.7. The zero-order chi connectivity index (χ0) is 52.0. The van der Waals surface area contributed by atoms with Crippen LogP contribution in [0.2, 0.25) is 0 Å². The first-order chi connectivity index (χ1) is 35.7. The van der Waals surface area contributed by atoms with E-state index in [2.05, 4.69) is 27.7 Å². The topological polar surface area (TPSA) is 17.1 Å². The molecule has 0 rings (SSSR count). The summed E-state index contributed by atoms with van der Waals surface area (Å²) in [6.45, 7) is 9.28. The molecule has 0 aromatic rings. The van der Waals surface area contributed by atoms with Gasteiger partial charge >= 0.3 is 0 Å². The van der Waals surface area contributed by atoms with Crippen molar-refractivity contribution < 1.29 is 4.79 Å². The van der Waals surface area contributed by atoms with Gasteiger partial charge in [-0.3, -0.25) is 4.79 Å². The van der Waals surface area contributed by atoms with Crippen molar-refractivity contribution in [1.29, 1.82) is 0 Å². The number of unbranched alkanes of at least 4 members (excludes halogenated alkanes) is 56. The molecular weight excluding hydrogens is 869 g/mol. The van der Waals surface area contributed by atoms with E-state index in [0.29, 0.717) is 11.8 Å². The van der Waals surface area contributed by atoms with Crippen molar-refractivity contribution in [2.45, 2.75) is 439 Å². The molecule has 1 nitrogen and oxygen atoms in total. The lowest BCUT2D eigenvalue weighted by Crippen LogP contribution is -2.24. The van der Waals surface area contributed by atoms with Gasteiger partial charge in [-0.2, -0.15) is 0 Å². The molecule has 0 atom stereocenters. The largest absolute Gasteiger partial charge is 0.299 e. The van der Waals surface area contributed by atoms with E-state index in [1.165, 1.54) is 411 Å². The fourth-order valence-electron chi connectivity index (χ4n) is 12.2. The van der Waals surface area contributed by atoms with Crippen LogP contribution in [0.15, 0.2) is 0 Å². The maximum Gasteiger partial charge on any atom is 0.139 e. The molecule has 0 fully saturated rings. The van der Waals surface area contributed by atoms with Gasteiger partial charge in [0.1, 0.15) is 5.78 Å². The third kappa shape index (κ3) is 57.4. The molecule has 432 valence electrons. The van der Waals surface area contributed by atoms with Gasteiger partial charge in [-0.25, -0.2) is 0 Å². The second kappa shape index (κ2) is 65.0. The van der Waals surface area contributed by atoms with E-state index in [1.807, 2.05) is 0 Å². The Morgan fingerprint density at radius 2 is 0.264 bits per heavy atom. The van der Waals surface area contributed by atoms with Crippen molar-refractivity contribution in [2.24, 2.45) is 11.8 Å². The highest BCUT2D eigenvalue weighted by atomic mass is 16.1.